The second-order valence-electron chi connectivity index (χ2n) is 5.70. The third-order valence-corrected chi connectivity index (χ3v) is 6.07. The van der Waals surface area contributed by atoms with Crippen LogP contribution in [0.5, 0.6) is 0 Å². The standard InChI is InChI=1S/C14H18ClF3N6O2S/c1-20-7-10(6-19)27(25,26)24-4-2-9(3-5-24)22-13-21-8-11(12(15)23-13)14(16,17)18/h6-9,19-20H,2-5H2,1H3,(H,21,22,23)/b10-7+,19-6?. The van der Waals surface area contributed by atoms with Gasteiger partial charge in [-0.1, -0.05) is 11.6 Å². The van der Waals surface area contributed by atoms with Crippen LogP contribution in [0.25, 0.3) is 0 Å². The summed E-state index contributed by atoms with van der Waals surface area (Å²) in [6.45, 7) is 0.368. The number of hydrogen-bond donors (Lipinski definition) is 3. The number of hydrogen-bond acceptors (Lipinski definition) is 7. The third kappa shape index (κ3) is 5.08. The van der Waals surface area contributed by atoms with Crippen molar-refractivity contribution in [3.05, 3.63) is 28.0 Å². The van der Waals surface area contributed by atoms with Crippen LogP contribution in [0.4, 0.5) is 19.1 Å². The molecule has 0 radical (unpaired) electrons. The molecule has 0 amide bonds. The number of nitrogens with zero attached hydrogens (tertiary/aromatic N) is 3. The number of nitrogens with one attached hydrogen (secondary N) is 3. The Morgan fingerprint density at radius 3 is 2.52 bits per heavy atom. The normalized spacial score (nSPS) is 17.6. The summed E-state index contributed by atoms with van der Waals surface area (Å²) in [6.07, 6.45) is -1.25. The van der Waals surface area contributed by atoms with Gasteiger partial charge in [-0.2, -0.15) is 17.5 Å². The van der Waals surface area contributed by atoms with E-state index < -0.39 is 26.9 Å². The predicted octanol–water partition coefficient (Wildman–Crippen LogP) is 2.07. The van der Waals surface area contributed by atoms with Gasteiger partial charge < -0.3 is 16.0 Å². The van der Waals surface area contributed by atoms with E-state index in [1.54, 1.807) is 0 Å². The maximum Gasteiger partial charge on any atom is 0.420 e. The first-order valence-electron chi connectivity index (χ1n) is 7.84. The Balaban J connectivity index is 2.02. The van der Waals surface area contributed by atoms with E-state index in [0.29, 0.717) is 19.0 Å². The van der Waals surface area contributed by atoms with Gasteiger partial charge in [-0.3, -0.25) is 0 Å². The molecule has 2 heterocycles. The maximum atomic E-state index is 12.7. The zero-order valence-corrected chi connectivity index (χ0v) is 15.8. The van der Waals surface area contributed by atoms with Gasteiger partial charge in [0.25, 0.3) is 0 Å². The molecule has 3 N–H and O–H groups in total. The van der Waals surface area contributed by atoms with Crippen LogP contribution in [0.2, 0.25) is 5.15 Å². The fraction of sp³-hybridized carbons (Fsp3) is 0.500. The number of halogens is 4. The molecule has 1 aliphatic heterocycles. The van der Waals surface area contributed by atoms with Crippen LogP contribution >= 0.6 is 11.6 Å². The number of rotatable bonds is 6. The van der Waals surface area contributed by atoms with Gasteiger partial charge in [0.05, 0.1) is 0 Å². The van der Waals surface area contributed by atoms with Crippen molar-refractivity contribution in [2.75, 3.05) is 25.5 Å². The first kappa shape index (κ1) is 21.4. The molecule has 0 bridgehead atoms. The van der Waals surface area contributed by atoms with E-state index in [0.717, 1.165) is 6.21 Å². The minimum absolute atomic E-state index is 0.0513. The fourth-order valence-electron chi connectivity index (χ4n) is 2.53. The second-order valence-corrected chi connectivity index (χ2v) is 7.99. The minimum Gasteiger partial charge on any atom is -0.393 e. The van der Waals surface area contributed by atoms with Crippen LogP contribution in [0.15, 0.2) is 17.3 Å². The molecule has 1 aliphatic rings. The lowest BCUT2D eigenvalue weighted by Gasteiger charge is -2.31. The Morgan fingerprint density at radius 1 is 1.41 bits per heavy atom. The van der Waals surface area contributed by atoms with Crippen LogP contribution in [-0.4, -0.2) is 55.1 Å². The summed E-state index contributed by atoms with van der Waals surface area (Å²) in [5.41, 5.74) is -1.12. The highest BCUT2D eigenvalue weighted by atomic mass is 35.5. The Kier molecular flexibility index (Phi) is 6.65. The molecule has 1 fully saturated rings. The van der Waals surface area contributed by atoms with Crippen LogP contribution < -0.4 is 10.6 Å². The highest BCUT2D eigenvalue weighted by molar-refractivity contribution is 7.93. The van der Waals surface area contributed by atoms with Crippen molar-refractivity contribution in [2.45, 2.75) is 25.1 Å². The molecule has 0 aliphatic carbocycles. The molecule has 13 heteroatoms. The number of alkyl halides is 3. The molecule has 0 saturated carbocycles. The van der Waals surface area contributed by atoms with E-state index in [4.69, 9.17) is 17.0 Å². The van der Waals surface area contributed by atoms with Gasteiger partial charge in [0.15, 0.2) is 0 Å². The minimum atomic E-state index is -4.64. The van der Waals surface area contributed by atoms with Crippen LogP contribution in [0.1, 0.15) is 18.4 Å². The summed E-state index contributed by atoms with van der Waals surface area (Å²) < 4.78 is 64.2. The van der Waals surface area contributed by atoms with Gasteiger partial charge in [0, 0.05) is 44.8 Å². The highest BCUT2D eigenvalue weighted by Gasteiger charge is 2.35. The fourth-order valence-corrected chi connectivity index (χ4v) is 4.17. The molecule has 1 saturated heterocycles. The Hall–Kier alpha value is -1.92. The molecule has 150 valence electrons. The molecule has 0 spiro atoms. The van der Waals surface area contributed by atoms with Gasteiger partial charge in [-0.05, 0) is 12.8 Å². The van der Waals surface area contributed by atoms with E-state index >= 15 is 0 Å². The van der Waals surface area contributed by atoms with E-state index in [1.165, 1.54) is 17.6 Å². The van der Waals surface area contributed by atoms with Gasteiger partial charge >= 0.3 is 6.18 Å². The van der Waals surface area contributed by atoms with E-state index in [9.17, 15) is 21.6 Å². The van der Waals surface area contributed by atoms with E-state index in [1.807, 2.05) is 0 Å². The summed E-state index contributed by atoms with van der Waals surface area (Å²) in [5, 5.41) is 12.0. The Bertz CT molecular complexity index is 823. The molecule has 0 atom stereocenters. The summed E-state index contributed by atoms with van der Waals surface area (Å²) in [6, 6.07) is -0.221. The second kappa shape index (κ2) is 8.40. The predicted molar refractivity (Wildman–Crippen MR) is 95.1 cm³/mol. The van der Waals surface area contributed by atoms with Crippen molar-refractivity contribution in [1.82, 2.24) is 19.6 Å². The third-order valence-electron chi connectivity index (χ3n) is 3.90. The lowest BCUT2D eigenvalue weighted by Crippen LogP contribution is -2.43. The molecule has 8 nitrogen and oxygen atoms in total. The summed E-state index contributed by atoms with van der Waals surface area (Å²) >= 11 is 5.56. The van der Waals surface area contributed by atoms with Crippen LogP contribution in [-0.2, 0) is 16.2 Å². The van der Waals surface area contributed by atoms with Crippen molar-refractivity contribution in [3.63, 3.8) is 0 Å². The topological polar surface area (TPSA) is 111 Å². The molecular formula is C14H18ClF3N6O2S. The zero-order chi connectivity index (χ0) is 20.2. The number of sulfonamides is 1. The first-order valence-corrected chi connectivity index (χ1v) is 9.65. The summed E-state index contributed by atoms with van der Waals surface area (Å²) in [4.78, 5) is 7.08. The van der Waals surface area contributed by atoms with Gasteiger partial charge in [0.1, 0.15) is 15.6 Å². The van der Waals surface area contributed by atoms with E-state index in [2.05, 4.69) is 20.6 Å². The van der Waals surface area contributed by atoms with Crippen molar-refractivity contribution >= 4 is 33.8 Å². The molecule has 27 heavy (non-hydrogen) atoms. The quantitative estimate of drug-likeness (QED) is 0.474. The van der Waals surface area contributed by atoms with Crippen molar-refractivity contribution in [2.24, 2.45) is 0 Å². The van der Waals surface area contributed by atoms with E-state index in [-0.39, 0.29) is 30.0 Å². The average Bonchev–Trinajstić information content (AvgIpc) is 2.59. The van der Waals surface area contributed by atoms with Crippen molar-refractivity contribution < 1.29 is 21.6 Å². The number of piperidine rings is 1. The number of allylic oxidation sites excluding steroid dienone is 1. The van der Waals surface area contributed by atoms with Crippen LogP contribution in [0, 0.1) is 5.41 Å². The van der Waals surface area contributed by atoms with Crippen LogP contribution in [0.3, 0.4) is 0 Å². The van der Waals surface area contributed by atoms with Crippen molar-refractivity contribution in [1.29, 1.82) is 5.41 Å². The van der Waals surface area contributed by atoms with Gasteiger partial charge in [-0.25, -0.2) is 18.4 Å². The SMILES string of the molecule is CN/C=C(\C=N)S(=O)(=O)N1CCC(Nc2ncc(C(F)(F)F)c(Cl)n2)CC1. The largest absolute Gasteiger partial charge is 0.420 e. The molecule has 1 aromatic rings. The lowest BCUT2D eigenvalue weighted by molar-refractivity contribution is -0.137. The molecule has 1 aromatic heterocycles. The summed E-state index contributed by atoms with van der Waals surface area (Å²) in [5.74, 6) is -0.0513. The molecule has 2 rings (SSSR count). The first-order chi connectivity index (χ1) is 12.6. The molecule has 0 unspecified atom stereocenters. The smallest absolute Gasteiger partial charge is 0.393 e. The number of aromatic nitrogens is 2. The zero-order valence-electron chi connectivity index (χ0n) is 14.2. The lowest BCUT2D eigenvalue weighted by atomic mass is 10.1. The summed E-state index contributed by atoms with van der Waals surface area (Å²) in [7, 11) is -2.25. The average molecular weight is 427 g/mol. The molecule has 0 aromatic carbocycles. The maximum absolute atomic E-state index is 12.7. The Labute approximate surface area is 159 Å². The monoisotopic (exact) mass is 426 g/mol. The van der Waals surface area contributed by atoms with Gasteiger partial charge in [-0.15, -0.1) is 0 Å². The van der Waals surface area contributed by atoms with Gasteiger partial charge in [0.2, 0.25) is 16.0 Å². The molecular weight excluding hydrogens is 409 g/mol. The number of anilines is 1. The highest BCUT2D eigenvalue weighted by Crippen LogP contribution is 2.33. The van der Waals surface area contributed by atoms with Crippen molar-refractivity contribution in [3.8, 4) is 0 Å². The Morgan fingerprint density at radius 2 is 2.04 bits per heavy atom.